The smallest absolute Gasteiger partial charge is 0.372 e. The summed E-state index contributed by atoms with van der Waals surface area (Å²) in [7, 11) is 0. The van der Waals surface area contributed by atoms with Gasteiger partial charge in [0.15, 0.2) is 0 Å². The molecule has 2 N–H and O–H groups in total. The maximum absolute atomic E-state index is 13.1. The summed E-state index contributed by atoms with van der Waals surface area (Å²) in [5.41, 5.74) is 0.212. The number of benzene rings is 2. The van der Waals surface area contributed by atoms with Crippen LogP contribution in [0, 0.1) is 0 Å². The molecule has 1 amide bonds. The maximum Gasteiger partial charge on any atom is 0.416 e. The number of nitrogens with one attached hydrogen (secondary N) is 2. The van der Waals surface area contributed by atoms with Gasteiger partial charge in [-0.1, -0.05) is 42.5 Å². The van der Waals surface area contributed by atoms with Gasteiger partial charge in [0.05, 0.1) is 29.4 Å². The van der Waals surface area contributed by atoms with Gasteiger partial charge in [-0.05, 0) is 49.4 Å². The summed E-state index contributed by atoms with van der Waals surface area (Å²) in [6.45, 7) is 2.73. The van der Waals surface area contributed by atoms with Gasteiger partial charge >= 0.3 is 6.18 Å². The van der Waals surface area contributed by atoms with Crippen LogP contribution < -0.4 is 10.6 Å². The average molecular weight is 432 g/mol. The van der Waals surface area contributed by atoms with Crippen molar-refractivity contribution in [3.8, 4) is 0 Å². The third-order valence-electron chi connectivity index (χ3n) is 6.62. The van der Waals surface area contributed by atoms with E-state index >= 15 is 0 Å². The van der Waals surface area contributed by atoms with E-state index in [0.29, 0.717) is 25.1 Å². The fourth-order valence-corrected chi connectivity index (χ4v) is 4.60. The first-order chi connectivity index (χ1) is 14.7. The average Bonchev–Trinajstić information content (AvgIpc) is 3.14. The summed E-state index contributed by atoms with van der Waals surface area (Å²) in [6, 6.07) is 15.3. The van der Waals surface area contributed by atoms with Crippen molar-refractivity contribution in [3.63, 3.8) is 0 Å². The molecule has 1 unspecified atom stereocenters. The third kappa shape index (κ3) is 4.62. The Labute approximate surface area is 180 Å². The minimum Gasteiger partial charge on any atom is -0.372 e. The predicted octanol–water partition coefficient (Wildman–Crippen LogP) is 4.71. The molecule has 166 valence electrons. The van der Waals surface area contributed by atoms with Crippen LogP contribution in [0.3, 0.4) is 0 Å². The first-order valence-corrected chi connectivity index (χ1v) is 10.6. The van der Waals surface area contributed by atoms with E-state index in [4.69, 9.17) is 4.74 Å². The standard InChI is InChI=1S/C24H27F3N2O2/c1-17(18-6-5-9-20(14-18)24(25,26)27)31-16-23(19-7-3-2-4-8-19)13-12-22(15-28-23)11-10-21(30)29-22/h2-9,14,17,28H,10-13,15-16H2,1H3,(H,29,30)/t17?,22-,23-/m1/s1. The lowest BCUT2D eigenvalue weighted by molar-refractivity contribution is -0.137. The molecule has 1 spiro atoms. The largest absolute Gasteiger partial charge is 0.416 e. The van der Waals surface area contributed by atoms with Crippen molar-refractivity contribution < 1.29 is 22.7 Å². The molecular weight excluding hydrogens is 405 g/mol. The van der Waals surface area contributed by atoms with Crippen LogP contribution in [0.5, 0.6) is 0 Å². The van der Waals surface area contributed by atoms with Crippen LogP contribution in [-0.2, 0) is 21.2 Å². The Hall–Kier alpha value is -2.38. The molecule has 3 atom stereocenters. The first kappa shape index (κ1) is 21.8. The second-order valence-electron chi connectivity index (χ2n) is 8.71. The van der Waals surface area contributed by atoms with Gasteiger partial charge in [-0.15, -0.1) is 0 Å². The number of hydrogen-bond donors (Lipinski definition) is 2. The van der Waals surface area contributed by atoms with Crippen LogP contribution in [0.1, 0.15) is 55.4 Å². The van der Waals surface area contributed by atoms with Crippen molar-refractivity contribution in [2.75, 3.05) is 13.2 Å². The van der Waals surface area contributed by atoms with Gasteiger partial charge in [-0.3, -0.25) is 4.79 Å². The van der Waals surface area contributed by atoms with Gasteiger partial charge in [0.1, 0.15) is 0 Å². The lowest BCUT2D eigenvalue weighted by Crippen LogP contribution is -2.61. The predicted molar refractivity (Wildman–Crippen MR) is 111 cm³/mol. The number of piperidine rings is 1. The van der Waals surface area contributed by atoms with Crippen LogP contribution in [-0.4, -0.2) is 24.6 Å². The summed E-state index contributed by atoms with van der Waals surface area (Å²) < 4.78 is 45.4. The van der Waals surface area contributed by atoms with E-state index in [1.807, 2.05) is 30.3 Å². The molecule has 7 heteroatoms. The number of halogens is 3. The number of carbonyl (C=O) groups excluding carboxylic acids is 1. The highest BCUT2D eigenvalue weighted by Crippen LogP contribution is 2.39. The van der Waals surface area contributed by atoms with Crippen LogP contribution in [0.25, 0.3) is 0 Å². The van der Waals surface area contributed by atoms with Crippen molar-refractivity contribution in [2.45, 2.75) is 56.0 Å². The summed E-state index contributed by atoms with van der Waals surface area (Å²) in [6.07, 6.45) is -1.94. The zero-order valence-electron chi connectivity index (χ0n) is 17.5. The highest BCUT2D eigenvalue weighted by atomic mass is 19.4. The second-order valence-corrected chi connectivity index (χ2v) is 8.71. The quantitative estimate of drug-likeness (QED) is 0.720. The van der Waals surface area contributed by atoms with Gasteiger partial charge in [0.2, 0.25) is 5.91 Å². The normalized spacial score (nSPS) is 27.3. The van der Waals surface area contributed by atoms with E-state index < -0.39 is 23.4 Å². The Balaban J connectivity index is 1.51. The zero-order valence-corrected chi connectivity index (χ0v) is 17.5. The fraction of sp³-hybridized carbons (Fsp3) is 0.458. The van der Waals surface area contributed by atoms with Crippen molar-refractivity contribution in [2.24, 2.45) is 0 Å². The Morgan fingerprint density at radius 3 is 2.45 bits per heavy atom. The lowest BCUT2D eigenvalue weighted by atomic mass is 9.76. The molecule has 0 saturated carbocycles. The fourth-order valence-electron chi connectivity index (χ4n) is 4.60. The number of rotatable bonds is 5. The van der Waals surface area contributed by atoms with E-state index in [2.05, 4.69) is 10.6 Å². The zero-order chi connectivity index (χ0) is 22.1. The molecule has 2 fully saturated rings. The van der Waals surface area contributed by atoms with Gasteiger partial charge in [-0.25, -0.2) is 0 Å². The number of amides is 1. The molecule has 31 heavy (non-hydrogen) atoms. The molecule has 2 heterocycles. The Morgan fingerprint density at radius 2 is 1.84 bits per heavy atom. The Kier molecular flexibility index (Phi) is 5.83. The first-order valence-electron chi connectivity index (χ1n) is 10.6. The molecule has 2 aliphatic rings. The summed E-state index contributed by atoms with van der Waals surface area (Å²) >= 11 is 0. The molecule has 0 bridgehead atoms. The van der Waals surface area contributed by atoms with Gasteiger partial charge in [-0.2, -0.15) is 13.2 Å². The van der Waals surface area contributed by atoms with Crippen LogP contribution in [0.2, 0.25) is 0 Å². The van der Waals surface area contributed by atoms with Crippen molar-refractivity contribution in [1.82, 2.24) is 10.6 Å². The summed E-state index contributed by atoms with van der Waals surface area (Å²) in [4.78, 5) is 11.8. The van der Waals surface area contributed by atoms with E-state index in [9.17, 15) is 18.0 Å². The van der Waals surface area contributed by atoms with Crippen LogP contribution in [0.15, 0.2) is 54.6 Å². The molecule has 2 aromatic carbocycles. The number of carbonyl (C=O) groups is 1. The maximum atomic E-state index is 13.1. The molecule has 0 aromatic heterocycles. The van der Waals surface area contributed by atoms with Gasteiger partial charge < -0.3 is 15.4 Å². The van der Waals surface area contributed by atoms with E-state index in [0.717, 1.165) is 37.0 Å². The summed E-state index contributed by atoms with van der Waals surface area (Å²) in [5, 5.41) is 6.75. The minimum atomic E-state index is -4.38. The van der Waals surface area contributed by atoms with Crippen LogP contribution in [0.4, 0.5) is 13.2 Å². The van der Waals surface area contributed by atoms with Gasteiger partial charge in [0.25, 0.3) is 0 Å². The Morgan fingerprint density at radius 1 is 1.06 bits per heavy atom. The molecule has 4 nitrogen and oxygen atoms in total. The van der Waals surface area contributed by atoms with Crippen molar-refractivity contribution >= 4 is 5.91 Å². The van der Waals surface area contributed by atoms with Crippen molar-refractivity contribution in [1.29, 1.82) is 0 Å². The molecule has 0 radical (unpaired) electrons. The van der Waals surface area contributed by atoms with Crippen molar-refractivity contribution in [3.05, 3.63) is 71.3 Å². The second kappa shape index (κ2) is 8.28. The van der Waals surface area contributed by atoms with E-state index in [1.54, 1.807) is 13.0 Å². The molecule has 2 aromatic rings. The summed E-state index contributed by atoms with van der Waals surface area (Å²) in [5.74, 6) is 0.0865. The highest BCUT2D eigenvalue weighted by molar-refractivity contribution is 5.79. The number of alkyl halides is 3. The molecular formula is C24H27F3N2O2. The van der Waals surface area contributed by atoms with Gasteiger partial charge in [0, 0.05) is 13.0 Å². The SMILES string of the molecule is CC(OC[C@@]1(c2ccccc2)CC[C@]2(CCC(=O)N2)CN1)c1cccc(C(F)(F)F)c1. The molecule has 2 aliphatic heterocycles. The Bertz CT molecular complexity index is 922. The van der Waals surface area contributed by atoms with E-state index in [-0.39, 0.29) is 11.4 Å². The number of hydrogen-bond acceptors (Lipinski definition) is 3. The minimum absolute atomic E-state index is 0.0865. The highest BCUT2D eigenvalue weighted by Gasteiger charge is 2.46. The lowest BCUT2D eigenvalue weighted by Gasteiger charge is -2.46. The molecule has 4 rings (SSSR count). The molecule has 0 aliphatic carbocycles. The third-order valence-corrected chi connectivity index (χ3v) is 6.62. The molecule has 2 saturated heterocycles. The van der Waals surface area contributed by atoms with Crippen LogP contribution >= 0.6 is 0 Å². The number of ether oxygens (including phenoxy) is 1. The van der Waals surface area contributed by atoms with E-state index in [1.165, 1.54) is 6.07 Å². The monoisotopic (exact) mass is 432 g/mol. The topological polar surface area (TPSA) is 50.4 Å².